The maximum absolute atomic E-state index is 12.2. The van der Waals surface area contributed by atoms with E-state index >= 15 is 0 Å². The zero-order valence-corrected chi connectivity index (χ0v) is 13.0. The number of rotatable bonds is 3. The molecule has 0 saturated carbocycles. The molecule has 1 N–H and O–H groups in total. The van der Waals surface area contributed by atoms with E-state index in [0.717, 1.165) is 11.3 Å². The van der Waals surface area contributed by atoms with Crippen molar-refractivity contribution in [2.24, 2.45) is 7.05 Å². The van der Waals surface area contributed by atoms with Gasteiger partial charge in [-0.25, -0.2) is 0 Å². The summed E-state index contributed by atoms with van der Waals surface area (Å²) in [5, 5.41) is 7.79. The molecule has 0 aliphatic carbocycles. The molecule has 1 aromatic carbocycles. The van der Waals surface area contributed by atoms with E-state index in [4.69, 9.17) is 23.2 Å². The lowest BCUT2D eigenvalue weighted by atomic mass is 10.1. The van der Waals surface area contributed by atoms with Gasteiger partial charge in [0.15, 0.2) is 0 Å². The third-order valence-corrected chi connectivity index (χ3v) is 3.88. The number of aryl methyl sites for hydroxylation is 2. The molecule has 0 radical (unpaired) electrons. The highest BCUT2D eigenvalue weighted by atomic mass is 35.5. The predicted molar refractivity (Wildman–Crippen MR) is 80.3 cm³/mol. The smallest absolute Gasteiger partial charge is 0.253 e. The second kappa shape index (κ2) is 5.85. The molecule has 0 aliphatic heterocycles. The largest absolute Gasteiger partial charge is 0.345 e. The molecule has 1 unspecified atom stereocenters. The Morgan fingerprint density at radius 2 is 2.10 bits per heavy atom. The molecule has 1 aromatic heterocycles. The highest BCUT2D eigenvalue weighted by Gasteiger charge is 2.18. The zero-order valence-electron chi connectivity index (χ0n) is 11.4. The maximum Gasteiger partial charge on any atom is 0.253 e. The van der Waals surface area contributed by atoms with Crippen LogP contribution < -0.4 is 5.32 Å². The standard InChI is InChI=1S/C14H15Cl2N3O/c1-8(11-7-19(3)18-9(11)2)17-14(20)10-5-4-6-12(15)13(10)16/h4-8H,1-3H3,(H,17,20). The fourth-order valence-corrected chi connectivity index (χ4v) is 2.46. The monoisotopic (exact) mass is 311 g/mol. The molecule has 20 heavy (non-hydrogen) atoms. The quantitative estimate of drug-likeness (QED) is 0.942. The molecular formula is C14H15Cl2N3O. The number of amides is 1. The Balaban J connectivity index is 2.19. The van der Waals surface area contributed by atoms with Crippen molar-refractivity contribution in [2.75, 3.05) is 0 Å². The normalized spacial score (nSPS) is 12.2. The van der Waals surface area contributed by atoms with E-state index in [9.17, 15) is 4.79 Å². The number of aromatic nitrogens is 2. The lowest BCUT2D eigenvalue weighted by Gasteiger charge is -2.14. The summed E-state index contributed by atoms with van der Waals surface area (Å²) in [6, 6.07) is 4.83. The highest BCUT2D eigenvalue weighted by molar-refractivity contribution is 6.43. The molecule has 0 spiro atoms. The van der Waals surface area contributed by atoms with Crippen molar-refractivity contribution < 1.29 is 4.79 Å². The lowest BCUT2D eigenvalue weighted by molar-refractivity contribution is 0.0940. The Hall–Kier alpha value is -1.52. The minimum Gasteiger partial charge on any atom is -0.345 e. The summed E-state index contributed by atoms with van der Waals surface area (Å²) < 4.78 is 1.72. The van der Waals surface area contributed by atoms with Gasteiger partial charge in [-0.3, -0.25) is 9.48 Å². The van der Waals surface area contributed by atoms with Crippen molar-refractivity contribution >= 4 is 29.1 Å². The van der Waals surface area contributed by atoms with Gasteiger partial charge < -0.3 is 5.32 Å². The van der Waals surface area contributed by atoms with Gasteiger partial charge >= 0.3 is 0 Å². The van der Waals surface area contributed by atoms with Gasteiger partial charge in [0.05, 0.1) is 27.3 Å². The van der Waals surface area contributed by atoms with Crippen LogP contribution in [0.4, 0.5) is 0 Å². The van der Waals surface area contributed by atoms with Crippen molar-refractivity contribution in [3.8, 4) is 0 Å². The van der Waals surface area contributed by atoms with Crippen LogP contribution in [0.5, 0.6) is 0 Å². The van der Waals surface area contributed by atoms with Crippen molar-refractivity contribution in [1.29, 1.82) is 0 Å². The van der Waals surface area contributed by atoms with Crippen LogP contribution in [0.15, 0.2) is 24.4 Å². The highest BCUT2D eigenvalue weighted by Crippen LogP contribution is 2.26. The molecular weight excluding hydrogens is 297 g/mol. The van der Waals surface area contributed by atoms with E-state index in [1.807, 2.05) is 27.1 Å². The van der Waals surface area contributed by atoms with Crippen molar-refractivity contribution in [3.05, 3.63) is 51.3 Å². The van der Waals surface area contributed by atoms with Gasteiger partial charge in [-0.1, -0.05) is 29.3 Å². The summed E-state index contributed by atoms with van der Waals surface area (Å²) in [5.41, 5.74) is 2.23. The minimum atomic E-state index is -0.256. The van der Waals surface area contributed by atoms with Crippen LogP contribution in [0.25, 0.3) is 0 Å². The van der Waals surface area contributed by atoms with Crippen LogP contribution in [-0.4, -0.2) is 15.7 Å². The van der Waals surface area contributed by atoms with Crippen LogP contribution in [0.1, 0.15) is 34.6 Å². The number of carbonyl (C=O) groups is 1. The Morgan fingerprint density at radius 3 is 2.70 bits per heavy atom. The molecule has 1 heterocycles. The first-order valence-corrected chi connectivity index (χ1v) is 6.90. The van der Waals surface area contributed by atoms with Crippen LogP contribution >= 0.6 is 23.2 Å². The molecule has 6 heteroatoms. The molecule has 106 valence electrons. The van der Waals surface area contributed by atoms with Gasteiger partial charge in [-0.05, 0) is 26.0 Å². The minimum absolute atomic E-state index is 0.161. The summed E-state index contributed by atoms with van der Waals surface area (Å²) in [7, 11) is 1.85. The van der Waals surface area contributed by atoms with Crippen LogP contribution in [0.3, 0.4) is 0 Å². The average molecular weight is 312 g/mol. The van der Waals surface area contributed by atoms with Crippen molar-refractivity contribution in [3.63, 3.8) is 0 Å². The summed E-state index contributed by atoms with van der Waals surface area (Å²) in [6.45, 7) is 3.81. The number of benzene rings is 1. The van der Waals surface area contributed by atoms with Gasteiger partial charge in [-0.15, -0.1) is 0 Å². The summed E-state index contributed by atoms with van der Waals surface area (Å²) in [5.74, 6) is -0.256. The molecule has 4 nitrogen and oxygen atoms in total. The van der Waals surface area contributed by atoms with Crippen molar-refractivity contribution in [2.45, 2.75) is 19.9 Å². The van der Waals surface area contributed by atoms with Crippen LogP contribution in [0.2, 0.25) is 10.0 Å². The number of hydrogen-bond donors (Lipinski definition) is 1. The number of hydrogen-bond acceptors (Lipinski definition) is 2. The van der Waals surface area contributed by atoms with Gasteiger partial charge in [0.1, 0.15) is 0 Å². The Kier molecular flexibility index (Phi) is 4.35. The SMILES string of the molecule is Cc1nn(C)cc1C(C)NC(=O)c1cccc(Cl)c1Cl. The number of carbonyl (C=O) groups excluding carboxylic acids is 1. The van der Waals surface area contributed by atoms with Crippen molar-refractivity contribution in [1.82, 2.24) is 15.1 Å². The third-order valence-electron chi connectivity index (χ3n) is 3.06. The van der Waals surface area contributed by atoms with E-state index in [1.54, 1.807) is 22.9 Å². The number of nitrogens with zero attached hydrogens (tertiary/aromatic N) is 2. The number of halogens is 2. The van der Waals surface area contributed by atoms with E-state index in [0.29, 0.717) is 10.6 Å². The Labute approximate surface area is 127 Å². The molecule has 2 rings (SSSR count). The summed E-state index contributed by atoms with van der Waals surface area (Å²) in [6.07, 6.45) is 1.89. The fraction of sp³-hybridized carbons (Fsp3) is 0.286. The average Bonchev–Trinajstić information content (AvgIpc) is 2.71. The Morgan fingerprint density at radius 1 is 1.40 bits per heavy atom. The summed E-state index contributed by atoms with van der Waals surface area (Å²) >= 11 is 12.0. The topological polar surface area (TPSA) is 46.9 Å². The second-order valence-electron chi connectivity index (χ2n) is 4.64. The third kappa shape index (κ3) is 2.97. The first-order valence-electron chi connectivity index (χ1n) is 6.15. The van der Waals surface area contributed by atoms with Crippen LogP contribution in [-0.2, 0) is 7.05 Å². The molecule has 1 amide bonds. The molecule has 0 fully saturated rings. The van der Waals surface area contributed by atoms with E-state index in [1.165, 1.54) is 0 Å². The first-order chi connectivity index (χ1) is 9.40. The zero-order chi connectivity index (χ0) is 14.9. The first kappa shape index (κ1) is 14.9. The van der Waals surface area contributed by atoms with Gasteiger partial charge in [0.2, 0.25) is 0 Å². The molecule has 1 atom stereocenters. The van der Waals surface area contributed by atoms with E-state index in [2.05, 4.69) is 10.4 Å². The second-order valence-corrected chi connectivity index (χ2v) is 5.43. The lowest BCUT2D eigenvalue weighted by Crippen LogP contribution is -2.27. The number of nitrogens with one attached hydrogen (secondary N) is 1. The molecule has 2 aromatic rings. The molecule has 0 saturated heterocycles. The molecule has 0 bridgehead atoms. The van der Waals surface area contributed by atoms with E-state index < -0.39 is 0 Å². The predicted octanol–water partition coefficient (Wildman–Crippen LogP) is 3.53. The van der Waals surface area contributed by atoms with Gasteiger partial charge in [0, 0.05) is 18.8 Å². The molecule has 0 aliphatic rings. The fourth-order valence-electron chi connectivity index (χ4n) is 2.07. The maximum atomic E-state index is 12.2. The van der Waals surface area contributed by atoms with E-state index in [-0.39, 0.29) is 17.0 Å². The Bertz CT molecular complexity index is 652. The van der Waals surface area contributed by atoms with Crippen LogP contribution in [0, 0.1) is 6.92 Å². The van der Waals surface area contributed by atoms with Gasteiger partial charge in [0.25, 0.3) is 5.91 Å². The summed E-state index contributed by atoms with van der Waals surface area (Å²) in [4.78, 5) is 12.2. The van der Waals surface area contributed by atoms with Gasteiger partial charge in [-0.2, -0.15) is 5.10 Å².